The lowest BCUT2D eigenvalue weighted by molar-refractivity contribution is -0.134. The van der Waals surface area contributed by atoms with E-state index in [1.807, 2.05) is 31.2 Å². The van der Waals surface area contributed by atoms with Gasteiger partial charge in [0.05, 0.1) is 47.7 Å². The molecule has 2 heterocycles. The Morgan fingerprint density at radius 3 is 1.92 bits per heavy atom. The van der Waals surface area contributed by atoms with Gasteiger partial charge in [0, 0.05) is 59.8 Å². The molecule has 0 aliphatic carbocycles. The third kappa shape index (κ3) is 8.00. The van der Waals surface area contributed by atoms with Crippen LogP contribution in [-0.2, 0) is 27.3 Å². The molecule has 1 aliphatic rings. The number of aromatic nitrogens is 1. The Bertz CT molecular complexity index is 2030. The highest BCUT2D eigenvalue weighted by Crippen LogP contribution is 2.53. The summed E-state index contributed by atoms with van der Waals surface area (Å²) in [6, 6.07) is 12.8. The molecule has 0 saturated heterocycles. The van der Waals surface area contributed by atoms with Gasteiger partial charge in [0.1, 0.15) is 12.0 Å². The Balaban J connectivity index is 0.000000929. The molecule has 11 nitrogen and oxygen atoms in total. The molecule has 0 saturated carbocycles. The molecule has 270 valence electrons. The van der Waals surface area contributed by atoms with E-state index in [0.29, 0.717) is 65.9 Å². The quantitative estimate of drug-likeness (QED) is 0.0453. The number of esters is 1. The number of nitrogens with zero attached hydrogens (tertiary/aromatic N) is 1. The average Bonchev–Trinajstić information content (AvgIpc) is 3.47. The fraction of sp³-hybridized carbons (Fsp3) is 0.293. The van der Waals surface area contributed by atoms with Crippen molar-refractivity contribution in [1.29, 1.82) is 0 Å². The van der Waals surface area contributed by atoms with Crippen molar-refractivity contribution in [3.05, 3.63) is 53.7 Å². The summed E-state index contributed by atoms with van der Waals surface area (Å²) in [5, 5.41) is 0. The van der Waals surface area contributed by atoms with Gasteiger partial charge in [-0.1, -0.05) is 6.07 Å². The van der Waals surface area contributed by atoms with Crippen LogP contribution >= 0.6 is 0 Å². The van der Waals surface area contributed by atoms with Gasteiger partial charge in [-0.25, -0.2) is 0 Å². The van der Waals surface area contributed by atoms with Crippen molar-refractivity contribution >= 4 is 18.7 Å². The maximum atomic E-state index is 12.4. The number of ether oxygens (including phenoxy) is 7. The molecule has 1 aromatic heterocycles. The van der Waals surface area contributed by atoms with E-state index in [-0.39, 0.29) is 18.6 Å². The first-order chi connectivity index (χ1) is 25.2. The van der Waals surface area contributed by atoms with Crippen molar-refractivity contribution in [2.24, 2.45) is 0 Å². The van der Waals surface area contributed by atoms with E-state index in [2.05, 4.69) is 16.4 Å². The van der Waals surface area contributed by atoms with Crippen LogP contribution < -0.4 is 33.2 Å². The summed E-state index contributed by atoms with van der Waals surface area (Å²) in [7, 11) is 7.79. The molecule has 0 unspecified atom stereocenters. The number of methoxy groups -OCH3 is 5. The lowest BCUT2D eigenvalue weighted by atomic mass is 9.89. The van der Waals surface area contributed by atoms with E-state index >= 15 is 0 Å². The largest absolute Gasteiger partial charge is 0.493 e. The molecule has 1 aliphatic heterocycles. The number of carbonyl (C=O) groups is 3. The number of rotatable bonds is 14. The second kappa shape index (κ2) is 18.1. The highest BCUT2D eigenvalue weighted by molar-refractivity contribution is 5.99. The maximum Gasteiger partial charge on any atom is 0.312 e. The van der Waals surface area contributed by atoms with Crippen LogP contribution in [0.25, 0.3) is 33.5 Å². The summed E-state index contributed by atoms with van der Waals surface area (Å²) in [6.07, 6.45) is 13.1. The van der Waals surface area contributed by atoms with E-state index in [1.54, 1.807) is 39.5 Å². The van der Waals surface area contributed by atoms with Crippen molar-refractivity contribution in [3.63, 3.8) is 0 Å². The molecular formula is C41H41NO10. The Hall–Kier alpha value is -6.33. The predicted octanol–water partition coefficient (Wildman–Crippen LogP) is 6.85. The number of aryl methyl sites for hydroxylation is 1. The van der Waals surface area contributed by atoms with Gasteiger partial charge in [-0.3, -0.25) is 9.59 Å². The van der Waals surface area contributed by atoms with Gasteiger partial charge in [0.25, 0.3) is 6.47 Å². The predicted molar refractivity (Wildman–Crippen MR) is 196 cm³/mol. The summed E-state index contributed by atoms with van der Waals surface area (Å²) < 4.78 is 41.6. The topological polar surface area (TPSA) is 121 Å². The molecule has 0 N–H and O–H groups in total. The minimum Gasteiger partial charge on any atom is -0.493 e. The first kappa shape index (κ1) is 38.5. The van der Waals surface area contributed by atoms with Crippen LogP contribution in [0.3, 0.4) is 0 Å². The van der Waals surface area contributed by atoms with Gasteiger partial charge in [-0.2, -0.15) is 0 Å². The standard InChI is InChI=1S/C36H35NO9.C5H6O/c1-8-9-10-33(39)46-26-12-11-23(16-28(26)40-3)35-34(25-18-31(43-6)32(44-7)19-27(25)45-20-38)21(2)37-14-13-22-15-29(41-4)30(42-5)17-24(22)36(35)37;1-2-3-4-5-6/h1,11-12,15-20H,9-10,13-14H2,2-7H3;1,5H,3-4H2. The SMILES string of the molecule is C#CCCC(=O)Oc1ccc(-c2c(-c3cc(OC)c(OC)cc3OC=O)c(C)n3c2-c2cc(OC)c(OC)cc2CC3)cc1OC.C#CCCC=O. The summed E-state index contributed by atoms with van der Waals surface area (Å²) in [4.78, 5) is 33.6. The van der Waals surface area contributed by atoms with Crippen molar-refractivity contribution in [2.75, 3.05) is 35.5 Å². The first-order valence-corrected chi connectivity index (χ1v) is 16.3. The van der Waals surface area contributed by atoms with Gasteiger partial charge in [0.2, 0.25) is 0 Å². The van der Waals surface area contributed by atoms with Gasteiger partial charge in [-0.05, 0) is 54.8 Å². The van der Waals surface area contributed by atoms with Gasteiger partial charge >= 0.3 is 5.97 Å². The molecule has 0 amide bonds. The Morgan fingerprint density at radius 2 is 1.35 bits per heavy atom. The number of benzene rings is 3. The zero-order valence-electron chi connectivity index (χ0n) is 30.1. The van der Waals surface area contributed by atoms with E-state index in [9.17, 15) is 14.4 Å². The van der Waals surface area contributed by atoms with Gasteiger partial charge < -0.3 is 42.5 Å². The highest BCUT2D eigenvalue weighted by Gasteiger charge is 2.31. The summed E-state index contributed by atoms with van der Waals surface area (Å²) in [6.45, 7) is 3.08. The van der Waals surface area contributed by atoms with Crippen LogP contribution in [0.5, 0.6) is 40.2 Å². The maximum absolute atomic E-state index is 12.4. The molecule has 4 aromatic rings. The number of terminal acetylenes is 2. The second-order valence-corrected chi connectivity index (χ2v) is 11.3. The van der Waals surface area contributed by atoms with E-state index in [0.717, 1.165) is 51.9 Å². The molecular weight excluding hydrogens is 666 g/mol. The number of hydrogen-bond donors (Lipinski definition) is 0. The normalized spacial score (nSPS) is 10.8. The van der Waals surface area contributed by atoms with Crippen molar-refractivity contribution in [2.45, 2.75) is 45.6 Å². The molecule has 0 radical (unpaired) electrons. The van der Waals surface area contributed by atoms with E-state index < -0.39 is 5.97 Å². The second-order valence-electron chi connectivity index (χ2n) is 11.3. The van der Waals surface area contributed by atoms with Crippen LogP contribution in [0, 0.1) is 31.6 Å². The van der Waals surface area contributed by atoms with Crippen LogP contribution in [0.4, 0.5) is 0 Å². The molecule has 5 rings (SSSR count). The Morgan fingerprint density at radius 1 is 0.750 bits per heavy atom. The Kier molecular flexibility index (Phi) is 13.4. The molecule has 3 aromatic carbocycles. The molecule has 0 spiro atoms. The number of unbranched alkanes of at least 4 members (excludes halogenated alkanes) is 1. The number of hydrogen-bond acceptors (Lipinski definition) is 10. The number of carbonyl (C=O) groups excluding carboxylic acids is 3. The smallest absolute Gasteiger partial charge is 0.312 e. The minimum atomic E-state index is -0.460. The van der Waals surface area contributed by atoms with Crippen LogP contribution in [0.1, 0.15) is 36.9 Å². The zero-order chi connectivity index (χ0) is 37.8. The Labute approximate surface area is 303 Å². The summed E-state index contributed by atoms with van der Waals surface area (Å²) in [5.74, 6) is 7.33. The van der Waals surface area contributed by atoms with Crippen molar-refractivity contribution in [1.82, 2.24) is 4.57 Å². The zero-order valence-corrected chi connectivity index (χ0v) is 30.1. The van der Waals surface area contributed by atoms with Crippen LogP contribution in [0.15, 0.2) is 42.5 Å². The lowest BCUT2D eigenvalue weighted by Crippen LogP contribution is -2.12. The fourth-order valence-electron chi connectivity index (χ4n) is 6.09. The lowest BCUT2D eigenvalue weighted by Gasteiger charge is -2.24. The molecule has 11 heteroatoms. The first-order valence-electron chi connectivity index (χ1n) is 16.3. The fourth-order valence-corrected chi connectivity index (χ4v) is 6.09. The third-order valence-corrected chi connectivity index (χ3v) is 8.48. The monoisotopic (exact) mass is 707 g/mol. The van der Waals surface area contributed by atoms with Crippen molar-refractivity contribution in [3.8, 4) is 98.4 Å². The van der Waals surface area contributed by atoms with Crippen LogP contribution in [-0.4, -0.2) is 58.8 Å². The van der Waals surface area contributed by atoms with Gasteiger partial charge in [-0.15, -0.1) is 24.7 Å². The number of fused-ring (bicyclic) bond motifs is 3. The molecule has 0 bridgehead atoms. The summed E-state index contributed by atoms with van der Waals surface area (Å²) >= 11 is 0. The molecule has 0 atom stereocenters. The van der Waals surface area contributed by atoms with Gasteiger partial charge in [0.15, 0.2) is 34.5 Å². The van der Waals surface area contributed by atoms with E-state index in [4.69, 9.17) is 46.0 Å². The number of aldehydes is 1. The molecule has 0 fully saturated rings. The highest BCUT2D eigenvalue weighted by atomic mass is 16.6. The molecule has 52 heavy (non-hydrogen) atoms. The van der Waals surface area contributed by atoms with E-state index in [1.165, 1.54) is 14.2 Å². The average molecular weight is 708 g/mol. The third-order valence-electron chi connectivity index (χ3n) is 8.48. The summed E-state index contributed by atoms with van der Waals surface area (Å²) in [5.41, 5.74) is 6.90. The van der Waals surface area contributed by atoms with Crippen molar-refractivity contribution < 1.29 is 47.5 Å². The van der Waals surface area contributed by atoms with Crippen LogP contribution in [0.2, 0.25) is 0 Å². The minimum absolute atomic E-state index is 0.0820.